The van der Waals surface area contributed by atoms with Crippen LogP contribution in [0.4, 0.5) is 5.69 Å². The van der Waals surface area contributed by atoms with Gasteiger partial charge in [-0.2, -0.15) is 0 Å². The van der Waals surface area contributed by atoms with Crippen LogP contribution in [-0.4, -0.2) is 33.7 Å². The van der Waals surface area contributed by atoms with Crippen molar-refractivity contribution in [1.82, 2.24) is 5.32 Å². The molecule has 0 aliphatic rings. The summed E-state index contributed by atoms with van der Waals surface area (Å²) in [7, 11) is -3.40. The van der Waals surface area contributed by atoms with Gasteiger partial charge in [0.05, 0.1) is 23.4 Å². The minimum Gasteiger partial charge on any atom is -0.492 e. The van der Waals surface area contributed by atoms with Crippen LogP contribution >= 0.6 is 11.6 Å². The van der Waals surface area contributed by atoms with Gasteiger partial charge in [-0.1, -0.05) is 29.3 Å². The molecule has 0 heterocycles. The molecule has 0 unspecified atom stereocenters. The van der Waals surface area contributed by atoms with Crippen molar-refractivity contribution in [3.8, 4) is 5.75 Å². The first-order valence-corrected chi connectivity index (χ1v) is 9.76. The summed E-state index contributed by atoms with van der Waals surface area (Å²) in [6.07, 6.45) is 1.04. The van der Waals surface area contributed by atoms with E-state index in [0.29, 0.717) is 18.8 Å². The van der Waals surface area contributed by atoms with Crippen molar-refractivity contribution < 1.29 is 17.9 Å². The fourth-order valence-electron chi connectivity index (χ4n) is 2.04. The topological polar surface area (TPSA) is 84.5 Å². The molecule has 6 nitrogen and oxygen atoms in total. The highest BCUT2D eigenvalue weighted by Gasteiger charge is 2.12. The largest absolute Gasteiger partial charge is 0.492 e. The number of hydrogen-bond donors (Lipinski definition) is 2. The molecule has 134 valence electrons. The molecule has 2 aromatic carbocycles. The predicted octanol–water partition coefficient (Wildman–Crippen LogP) is 2.83. The minimum absolute atomic E-state index is 0.158. The van der Waals surface area contributed by atoms with Gasteiger partial charge in [-0.15, -0.1) is 0 Å². The molecule has 2 rings (SSSR count). The van der Waals surface area contributed by atoms with Gasteiger partial charge in [0.1, 0.15) is 12.4 Å². The Morgan fingerprint density at radius 2 is 1.84 bits per heavy atom. The van der Waals surface area contributed by atoms with E-state index < -0.39 is 10.0 Å². The Morgan fingerprint density at radius 1 is 1.16 bits per heavy atom. The van der Waals surface area contributed by atoms with Crippen molar-refractivity contribution in [2.45, 2.75) is 6.92 Å². The summed E-state index contributed by atoms with van der Waals surface area (Å²) in [6.45, 7) is 2.62. The fraction of sp³-hybridized carbons (Fsp3) is 0.235. The molecule has 0 radical (unpaired) electrons. The van der Waals surface area contributed by atoms with Crippen LogP contribution in [0.5, 0.6) is 5.75 Å². The predicted molar refractivity (Wildman–Crippen MR) is 98.9 cm³/mol. The van der Waals surface area contributed by atoms with Crippen LogP contribution in [0.15, 0.2) is 42.5 Å². The number of nitrogens with one attached hydrogen (secondary N) is 2. The standard InChI is InChI=1S/C17H19ClN2O4S/c1-12-3-6-14(7-4-12)24-10-9-19-17(21)15-8-5-13(11-16(15)18)20-25(2,22)23/h3-8,11,20H,9-10H2,1-2H3,(H,19,21). The van der Waals surface area contributed by atoms with Crippen LogP contribution in [0.2, 0.25) is 5.02 Å². The first kappa shape index (κ1) is 19.1. The van der Waals surface area contributed by atoms with Gasteiger partial charge in [0, 0.05) is 5.69 Å². The molecular weight excluding hydrogens is 364 g/mol. The lowest BCUT2D eigenvalue weighted by molar-refractivity contribution is 0.0947. The molecule has 0 saturated carbocycles. The number of carbonyl (C=O) groups excluding carboxylic acids is 1. The van der Waals surface area contributed by atoms with Crippen LogP contribution in [0, 0.1) is 6.92 Å². The molecule has 0 aliphatic heterocycles. The zero-order valence-electron chi connectivity index (χ0n) is 13.9. The second-order valence-corrected chi connectivity index (χ2v) is 7.64. The Morgan fingerprint density at radius 3 is 2.44 bits per heavy atom. The van der Waals surface area contributed by atoms with Crippen LogP contribution in [-0.2, 0) is 10.0 Å². The van der Waals surface area contributed by atoms with E-state index in [4.69, 9.17) is 16.3 Å². The van der Waals surface area contributed by atoms with Gasteiger partial charge in [0.2, 0.25) is 10.0 Å². The highest BCUT2D eigenvalue weighted by atomic mass is 35.5. The zero-order chi connectivity index (χ0) is 18.4. The van der Waals surface area contributed by atoms with Crippen LogP contribution in [0.25, 0.3) is 0 Å². The third kappa shape index (κ3) is 6.28. The van der Waals surface area contributed by atoms with Gasteiger partial charge >= 0.3 is 0 Å². The second-order valence-electron chi connectivity index (χ2n) is 5.49. The number of halogens is 1. The summed E-state index contributed by atoms with van der Waals surface area (Å²) in [5.41, 5.74) is 1.70. The zero-order valence-corrected chi connectivity index (χ0v) is 15.4. The van der Waals surface area contributed by atoms with Gasteiger partial charge in [0.25, 0.3) is 5.91 Å². The third-order valence-corrected chi connectivity index (χ3v) is 4.11. The maximum Gasteiger partial charge on any atom is 0.252 e. The Bertz CT molecular complexity index is 851. The Kier molecular flexibility index (Phi) is 6.27. The molecule has 0 bridgehead atoms. The van der Waals surface area contributed by atoms with E-state index in [1.165, 1.54) is 18.2 Å². The number of anilines is 1. The summed E-state index contributed by atoms with van der Waals surface area (Å²) < 4.78 is 30.2. The van der Waals surface area contributed by atoms with Gasteiger partial charge < -0.3 is 10.1 Å². The summed E-state index contributed by atoms with van der Waals surface area (Å²) in [5.74, 6) is 0.373. The molecular formula is C17H19ClN2O4S. The van der Waals surface area contributed by atoms with Crippen LogP contribution in [0.3, 0.4) is 0 Å². The average Bonchev–Trinajstić information content (AvgIpc) is 2.51. The monoisotopic (exact) mass is 382 g/mol. The van der Waals surface area contributed by atoms with E-state index in [-0.39, 0.29) is 16.5 Å². The van der Waals surface area contributed by atoms with Crippen molar-refractivity contribution >= 4 is 33.2 Å². The van der Waals surface area contributed by atoms with E-state index in [0.717, 1.165) is 17.6 Å². The normalized spacial score (nSPS) is 11.0. The quantitative estimate of drug-likeness (QED) is 0.721. The number of sulfonamides is 1. The van der Waals surface area contributed by atoms with Gasteiger partial charge in [0.15, 0.2) is 0 Å². The fourth-order valence-corrected chi connectivity index (χ4v) is 2.86. The number of hydrogen-bond acceptors (Lipinski definition) is 4. The first-order valence-electron chi connectivity index (χ1n) is 7.49. The van der Waals surface area contributed by atoms with E-state index in [1.807, 2.05) is 31.2 Å². The van der Waals surface area contributed by atoms with Crippen molar-refractivity contribution in [2.75, 3.05) is 24.1 Å². The summed E-state index contributed by atoms with van der Waals surface area (Å²) in [6, 6.07) is 11.9. The molecule has 0 atom stereocenters. The third-order valence-electron chi connectivity index (χ3n) is 3.19. The second kappa shape index (κ2) is 8.22. The summed E-state index contributed by atoms with van der Waals surface area (Å²) in [5, 5.41) is 2.86. The molecule has 0 aliphatic carbocycles. The SMILES string of the molecule is Cc1ccc(OCCNC(=O)c2ccc(NS(C)(=O)=O)cc2Cl)cc1. The molecule has 0 spiro atoms. The molecule has 2 N–H and O–H groups in total. The van der Waals surface area contributed by atoms with Gasteiger partial charge in [-0.05, 0) is 37.3 Å². The van der Waals surface area contributed by atoms with Crippen molar-refractivity contribution in [3.63, 3.8) is 0 Å². The summed E-state index contributed by atoms with van der Waals surface area (Å²) >= 11 is 6.05. The average molecular weight is 383 g/mol. The highest BCUT2D eigenvalue weighted by Crippen LogP contribution is 2.21. The first-order chi connectivity index (χ1) is 11.7. The lowest BCUT2D eigenvalue weighted by Gasteiger charge is -2.10. The number of ether oxygens (including phenoxy) is 1. The smallest absolute Gasteiger partial charge is 0.252 e. The van der Waals surface area contributed by atoms with E-state index in [9.17, 15) is 13.2 Å². The number of amides is 1. The molecule has 0 fully saturated rings. The number of rotatable bonds is 7. The number of aryl methyl sites for hydroxylation is 1. The van der Waals surface area contributed by atoms with E-state index >= 15 is 0 Å². The molecule has 0 aromatic heterocycles. The molecule has 1 amide bonds. The number of carbonyl (C=O) groups is 1. The van der Waals surface area contributed by atoms with Gasteiger partial charge in [-0.3, -0.25) is 9.52 Å². The van der Waals surface area contributed by atoms with Crippen molar-refractivity contribution in [3.05, 3.63) is 58.6 Å². The van der Waals surface area contributed by atoms with Crippen molar-refractivity contribution in [1.29, 1.82) is 0 Å². The minimum atomic E-state index is -3.40. The van der Waals surface area contributed by atoms with E-state index in [1.54, 1.807) is 0 Å². The van der Waals surface area contributed by atoms with Crippen molar-refractivity contribution in [2.24, 2.45) is 0 Å². The highest BCUT2D eigenvalue weighted by molar-refractivity contribution is 7.92. The van der Waals surface area contributed by atoms with Crippen LogP contribution in [0.1, 0.15) is 15.9 Å². The number of benzene rings is 2. The Hall–Kier alpha value is -2.25. The molecule has 8 heteroatoms. The molecule has 2 aromatic rings. The van der Waals surface area contributed by atoms with Crippen LogP contribution < -0.4 is 14.8 Å². The van der Waals surface area contributed by atoms with Gasteiger partial charge in [-0.25, -0.2) is 8.42 Å². The summed E-state index contributed by atoms with van der Waals surface area (Å²) in [4.78, 5) is 12.1. The van der Waals surface area contributed by atoms with E-state index in [2.05, 4.69) is 10.0 Å². The lowest BCUT2D eigenvalue weighted by atomic mass is 10.2. The molecule has 0 saturated heterocycles. The molecule has 25 heavy (non-hydrogen) atoms. The maximum absolute atomic E-state index is 12.1. The Labute approximate surface area is 152 Å². The maximum atomic E-state index is 12.1. The Balaban J connectivity index is 1.87. The lowest BCUT2D eigenvalue weighted by Crippen LogP contribution is -2.28.